The molecule has 0 N–H and O–H groups in total. The van der Waals surface area contributed by atoms with Crippen molar-refractivity contribution in [3.8, 4) is 17.2 Å². The summed E-state index contributed by atoms with van der Waals surface area (Å²) in [5, 5.41) is 0. The van der Waals surface area contributed by atoms with Crippen LogP contribution in [0.15, 0.2) is 60.7 Å². The lowest BCUT2D eigenvalue weighted by Crippen LogP contribution is -2.25. The number of rotatable bonds is 13. The highest BCUT2D eigenvalue weighted by atomic mass is 19.3. The largest absolute Gasteiger partial charge is 0.454 e. The third-order valence-corrected chi connectivity index (χ3v) is 5.77. The van der Waals surface area contributed by atoms with Gasteiger partial charge in [0.1, 0.15) is 22.9 Å². The molecule has 2 nitrogen and oxygen atoms in total. The number of hydrogen-bond acceptors (Lipinski definition) is 2. The first-order valence-corrected chi connectivity index (χ1v) is 12.2. The summed E-state index contributed by atoms with van der Waals surface area (Å²) in [5.74, 6) is -3.35. The molecule has 0 atom stereocenters. The molecule has 0 amide bonds. The van der Waals surface area contributed by atoms with Crippen LogP contribution < -0.4 is 9.47 Å². The standard InChI is InChI=1S/C29H32F4O2/c1-3-5-6-7-8-10-22-13-17-24(18-14-22)35-29(32,33)27-25(30)19-20-26(28(27)31)34-23-15-11-21(9-4-2)12-16-23/h11-20H,3-10H2,1-2H3. The van der Waals surface area contributed by atoms with E-state index in [-0.39, 0.29) is 11.5 Å². The van der Waals surface area contributed by atoms with E-state index in [9.17, 15) is 17.6 Å². The molecule has 0 heterocycles. The highest BCUT2D eigenvalue weighted by Gasteiger charge is 2.42. The summed E-state index contributed by atoms with van der Waals surface area (Å²) in [6.45, 7) is 4.20. The van der Waals surface area contributed by atoms with Gasteiger partial charge in [0, 0.05) is 0 Å². The molecule has 3 aromatic carbocycles. The minimum Gasteiger partial charge on any atom is -0.454 e. The van der Waals surface area contributed by atoms with Gasteiger partial charge in [-0.1, -0.05) is 70.2 Å². The molecule has 0 aliphatic heterocycles. The molecule has 3 aromatic rings. The van der Waals surface area contributed by atoms with Crippen molar-refractivity contribution in [3.05, 3.63) is 89.0 Å². The van der Waals surface area contributed by atoms with E-state index in [4.69, 9.17) is 9.47 Å². The second kappa shape index (κ2) is 12.6. The van der Waals surface area contributed by atoms with Gasteiger partial charge in [-0.2, -0.15) is 8.78 Å². The average Bonchev–Trinajstić information content (AvgIpc) is 2.83. The number of ether oxygens (including phenoxy) is 2. The van der Waals surface area contributed by atoms with E-state index in [0.29, 0.717) is 0 Å². The Labute approximate surface area is 204 Å². The molecule has 0 saturated carbocycles. The lowest BCUT2D eigenvalue weighted by Gasteiger charge is -2.20. The molecule has 188 valence electrons. The summed E-state index contributed by atoms with van der Waals surface area (Å²) in [5.41, 5.74) is 0.579. The third-order valence-electron chi connectivity index (χ3n) is 5.77. The Kier molecular flexibility index (Phi) is 9.58. The van der Waals surface area contributed by atoms with Crippen LogP contribution in [0.5, 0.6) is 17.2 Å². The van der Waals surface area contributed by atoms with Crippen molar-refractivity contribution in [3.63, 3.8) is 0 Å². The quantitative estimate of drug-likeness (QED) is 0.176. The number of aryl methyl sites for hydroxylation is 2. The van der Waals surface area contributed by atoms with Gasteiger partial charge in [0.15, 0.2) is 11.6 Å². The summed E-state index contributed by atoms with van der Waals surface area (Å²) in [6, 6.07) is 14.8. The van der Waals surface area contributed by atoms with Gasteiger partial charge >= 0.3 is 6.11 Å². The summed E-state index contributed by atoms with van der Waals surface area (Å²) in [4.78, 5) is 0. The maximum atomic E-state index is 15.0. The van der Waals surface area contributed by atoms with Crippen LogP contribution in [0.3, 0.4) is 0 Å². The summed E-state index contributed by atoms with van der Waals surface area (Å²) in [6.07, 6.45) is 4.11. The highest BCUT2D eigenvalue weighted by Crippen LogP contribution is 2.39. The molecule has 0 aromatic heterocycles. The molecule has 35 heavy (non-hydrogen) atoms. The normalized spacial score (nSPS) is 11.5. The first-order chi connectivity index (χ1) is 16.8. The molecule has 0 aliphatic carbocycles. The van der Waals surface area contributed by atoms with Crippen molar-refractivity contribution in [2.75, 3.05) is 0 Å². The number of hydrogen-bond donors (Lipinski definition) is 0. The Balaban J connectivity index is 1.70. The van der Waals surface area contributed by atoms with E-state index in [1.54, 1.807) is 24.3 Å². The molecular formula is C29H32F4O2. The first-order valence-electron chi connectivity index (χ1n) is 12.2. The van der Waals surface area contributed by atoms with E-state index >= 15 is 0 Å². The van der Waals surface area contributed by atoms with E-state index in [2.05, 4.69) is 6.92 Å². The predicted octanol–water partition coefficient (Wildman–Crippen LogP) is 9.35. The maximum Gasteiger partial charge on any atom is 0.432 e. The van der Waals surface area contributed by atoms with Crippen LogP contribution in [0.1, 0.15) is 69.1 Å². The minimum absolute atomic E-state index is 0.179. The Morgan fingerprint density at radius 3 is 1.89 bits per heavy atom. The monoisotopic (exact) mass is 488 g/mol. The first kappa shape index (κ1) is 26.6. The van der Waals surface area contributed by atoms with E-state index in [1.165, 1.54) is 31.4 Å². The summed E-state index contributed by atoms with van der Waals surface area (Å²) >= 11 is 0. The Bertz CT molecular complexity index is 1060. The zero-order valence-electron chi connectivity index (χ0n) is 20.3. The van der Waals surface area contributed by atoms with Gasteiger partial charge in [0.25, 0.3) is 0 Å². The van der Waals surface area contributed by atoms with Gasteiger partial charge in [0.05, 0.1) is 0 Å². The zero-order valence-corrected chi connectivity index (χ0v) is 20.3. The molecule has 0 radical (unpaired) electrons. The van der Waals surface area contributed by atoms with E-state index in [1.807, 2.05) is 19.1 Å². The van der Waals surface area contributed by atoms with Crippen LogP contribution in [-0.2, 0) is 19.0 Å². The number of alkyl halides is 2. The lowest BCUT2D eigenvalue weighted by molar-refractivity contribution is -0.189. The minimum atomic E-state index is -4.24. The molecule has 0 unspecified atom stereocenters. The molecule has 0 saturated heterocycles. The van der Waals surface area contributed by atoms with Gasteiger partial charge in [-0.15, -0.1) is 0 Å². The van der Waals surface area contributed by atoms with E-state index < -0.39 is 29.1 Å². The molecule has 0 fully saturated rings. The summed E-state index contributed by atoms with van der Waals surface area (Å²) < 4.78 is 69.3. The van der Waals surface area contributed by atoms with Crippen LogP contribution in [0, 0.1) is 11.6 Å². The fourth-order valence-electron chi connectivity index (χ4n) is 3.87. The average molecular weight is 489 g/mol. The molecule has 6 heteroatoms. The van der Waals surface area contributed by atoms with E-state index in [0.717, 1.165) is 55.4 Å². The van der Waals surface area contributed by atoms with Crippen LogP contribution >= 0.6 is 0 Å². The van der Waals surface area contributed by atoms with Gasteiger partial charge in [-0.05, 0) is 66.8 Å². The molecule has 3 rings (SSSR count). The van der Waals surface area contributed by atoms with Crippen LogP contribution in [-0.4, -0.2) is 0 Å². The topological polar surface area (TPSA) is 18.5 Å². The van der Waals surface area contributed by atoms with Crippen molar-refractivity contribution in [1.29, 1.82) is 0 Å². The van der Waals surface area contributed by atoms with Crippen LogP contribution in [0.25, 0.3) is 0 Å². The Morgan fingerprint density at radius 2 is 1.26 bits per heavy atom. The van der Waals surface area contributed by atoms with Crippen LogP contribution in [0.2, 0.25) is 0 Å². The van der Waals surface area contributed by atoms with Gasteiger partial charge in [-0.25, -0.2) is 8.78 Å². The third kappa shape index (κ3) is 7.48. The number of unbranched alkanes of at least 4 members (excludes halogenated alkanes) is 4. The van der Waals surface area contributed by atoms with Crippen molar-refractivity contribution in [1.82, 2.24) is 0 Å². The molecule has 0 bridgehead atoms. The summed E-state index contributed by atoms with van der Waals surface area (Å²) in [7, 11) is 0. The van der Waals surface area contributed by atoms with Crippen LogP contribution in [0.4, 0.5) is 17.6 Å². The van der Waals surface area contributed by atoms with Crippen molar-refractivity contribution in [2.45, 2.75) is 71.3 Å². The maximum absolute atomic E-state index is 15.0. The molecule has 0 aliphatic rings. The Hall–Kier alpha value is -3.02. The van der Waals surface area contributed by atoms with Gasteiger partial charge in [0.2, 0.25) is 0 Å². The predicted molar refractivity (Wildman–Crippen MR) is 130 cm³/mol. The highest BCUT2D eigenvalue weighted by molar-refractivity contribution is 5.39. The fourth-order valence-corrected chi connectivity index (χ4v) is 3.87. The van der Waals surface area contributed by atoms with Crippen molar-refractivity contribution < 1.29 is 27.0 Å². The number of halogens is 4. The van der Waals surface area contributed by atoms with Gasteiger partial charge in [-0.3, -0.25) is 0 Å². The van der Waals surface area contributed by atoms with Gasteiger partial charge < -0.3 is 9.47 Å². The smallest absolute Gasteiger partial charge is 0.432 e. The second-order valence-electron chi connectivity index (χ2n) is 8.66. The van der Waals surface area contributed by atoms with Crippen molar-refractivity contribution >= 4 is 0 Å². The zero-order chi connectivity index (χ0) is 25.3. The fraction of sp³-hybridized carbons (Fsp3) is 0.379. The molecular weight excluding hydrogens is 456 g/mol. The second-order valence-corrected chi connectivity index (χ2v) is 8.66. The van der Waals surface area contributed by atoms with Crippen molar-refractivity contribution in [2.24, 2.45) is 0 Å². The molecule has 0 spiro atoms. The number of benzene rings is 3. The Morgan fingerprint density at radius 1 is 0.657 bits per heavy atom. The SMILES string of the molecule is CCCCCCCc1ccc(OC(F)(F)c2c(F)ccc(Oc3ccc(CCC)cc3)c2F)cc1. The lowest BCUT2D eigenvalue weighted by atomic mass is 10.1.